The molecule has 0 aliphatic rings. The quantitative estimate of drug-likeness (QED) is 0.615. The fourth-order valence-corrected chi connectivity index (χ4v) is 1.78. The van der Waals surface area contributed by atoms with Gasteiger partial charge < -0.3 is 21.3 Å². The summed E-state index contributed by atoms with van der Waals surface area (Å²) < 4.78 is 37.5. The summed E-state index contributed by atoms with van der Waals surface area (Å²) in [6, 6.07) is 2.53. The number of hydrogen-bond acceptors (Lipinski definition) is 4. The molecule has 1 rings (SSSR count). The standard InChI is InChI=1S/C13H17F3N2O3/c1-7(19)18-5-4-11(20)12(21)9-3-2-8(6-10(9)17)13(14,15)16/h2-3,6,11-12,20-21H,4-5,17H2,1H3,(H,18,19). The van der Waals surface area contributed by atoms with E-state index >= 15 is 0 Å². The van der Waals surface area contributed by atoms with Gasteiger partial charge in [0.15, 0.2) is 0 Å². The summed E-state index contributed by atoms with van der Waals surface area (Å²) in [5.41, 5.74) is 4.32. The van der Waals surface area contributed by atoms with Crippen LogP contribution in [0.15, 0.2) is 18.2 Å². The van der Waals surface area contributed by atoms with Crippen LogP contribution in [0.4, 0.5) is 18.9 Å². The lowest BCUT2D eigenvalue weighted by molar-refractivity contribution is -0.137. The van der Waals surface area contributed by atoms with Crippen molar-refractivity contribution < 1.29 is 28.2 Å². The molecule has 5 nitrogen and oxygen atoms in total. The molecule has 0 aliphatic carbocycles. The van der Waals surface area contributed by atoms with Crippen molar-refractivity contribution in [1.82, 2.24) is 5.32 Å². The maximum absolute atomic E-state index is 12.5. The Labute approximate surface area is 119 Å². The van der Waals surface area contributed by atoms with Gasteiger partial charge in [0.2, 0.25) is 5.91 Å². The van der Waals surface area contributed by atoms with Crippen LogP contribution in [0.3, 0.4) is 0 Å². The smallest absolute Gasteiger partial charge is 0.398 e. The summed E-state index contributed by atoms with van der Waals surface area (Å²) in [5.74, 6) is -0.286. The molecule has 1 aromatic rings. The van der Waals surface area contributed by atoms with E-state index in [9.17, 15) is 28.2 Å². The fourth-order valence-electron chi connectivity index (χ4n) is 1.78. The second-order valence-corrected chi connectivity index (χ2v) is 4.63. The van der Waals surface area contributed by atoms with Crippen LogP contribution in [0.2, 0.25) is 0 Å². The minimum Gasteiger partial charge on any atom is -0.398 e. The minimum atomic E-state index is -4.53. The van der Waals surface area contributed by atoms with Gasteiger partial charge in [-0.1, -0.05) is 6.07 Å². The van der Waals surface area contributed by atoms with Gasteiger partial charge in [-0.15, -0.1) is 0 Å². The maximum atomic E-state index is 12.5. The molecule has 2 unspecified atom stereocenters. The summed E-state index contributed by atoms with van der Waals surface area (Å²) in [6.45, 7) is 1.44. The highest BCUT2D eigenvalue weighted by Gasteiger charge is 2.31. The molecule has 8 heteroatoms. The molecular formula is C13H17F3N2O3. The summed E-state index contributed by atoms with van der Waals surface area (Å²) in [6.07, 6.45) is -7.17. The highest BCUT2D eigenvalue weighted by Crippen LogP contribution is 2.33. The Morgan fingerprint density at radius 2 is 2.00 bits per heavy atom. The van der Waals surface area contributed by atoms with Crippen LogP contribution < -0.4 is 11.1 Å². The molecular weight excluding hydrogens is 289 g/mol. The Morgan fingerprint density at radius 3 is 2.48 bits per heavy atom. The number of amides is 1. The zero-order valence-corrected chi connectivity index (χ0v) is 11.3. The number of carbonyl (C=O) groups is 1. The zero-order valence-electron chi connectivity index (χ0n) is 11.3. The molecule has 0 aromatic heterocycles. The van der Waals surface area contributed by atoms with Crippen LogP contribution >= 0.6 is 0 Å². The van der Waals surface area contributed by atoms with E-state index in [2.05, 4.69) is 5.32 Å². The van der Waals surface area contributed by atoms with Gasteiger partial charge in [0.25, 0.3) is 0 Å². The van der Waals surface area contributed by atoms with Crippen molar-refractivity contribution in [2.24, 2.45) is 0 Å². The van der Waals surface area contributed by atoms with Gasteiger partial charge >= 0.3 is 6.18 Å². The predicted molar refractivity (Wildman–Crippen MR) is 70.1 cm³/mol. The van der Waals surface area contributed by atoms with E-state index in [1.807, 2.05) is 0 Å². The molecule has 0 spiro atoms. The Bertz CT molecular complexity index is 506. The lowest BCUT2D eigenvalue weighted by Gasteiger charge is -2.20. The first-order valence-corrected chi connectivity index (χ1v) is 6.20. The van der Waals surface area contributed by atoms with Crippen molar-refractivity contribution in [3.63, 3.8) is 0 Å². The zero-order chi connectivity index (χ0) is 16.2. The number of aliphatic hydroxyl groups excluding tert-OH is 2. The first kappa shape index (κ1) is 17.3. The topological polar surface area (TPSA) is 95.6 Å². The van der Waals surface area contributed by atoms with Crippen LogP contribution in [0, 0.1) is 0 Å². The van der Waals surface area contributed by atoms with Crippen LogP contribution in [-0.2, 0) is 11.0 Å². The van der Waals surface area contributed by atoms with Crippen molar-refractivity contribution in [2.45, 2.75) is 31.7 Å². The number of rotatable bonds is 5. The van der Waals surface area contributed by atoms with Crippen LogP contribution in [0.5, 0.6) is 0 Å². The SMILES string of the molecule is CC(=O)NCCC(O)C(O)c1ccc(C(F)(F)F)cc1N. The van der Waals surface area contributed by atoms with Gasteiger partial charge in [0, 0.05) is 24.7 Å². The molecule has 0 saturated heterocycles. The Hall–Kier alpha value is -1.80. The third-order valence-corrected chi connectivity index (χ3v) is 2.91. The number of nitrogens with one attached hydrogen (secondary N) is 1. The third kappa shape index (κ3) is 4.91. The molecule has 5 N–H and O–H groups in total. The number of benzene rings is 1. The van der Waals surface area contributed by atoms with E-state index in [-0.39, 0.29) is 30.1 Å². The second kappa shape index (κ2) is 6.77. The van der Waals surface area contributed by atoms with Crippen LogP contribution in [0.1, 0.15) is 30.6 Å². The van der Waals surface area contributed by atoms with Crippen molar-refractivity contribution in [3.8, 4) is 0 Å². The highest BCUT2D eigenvalue weighted by atomic mass is 19.4. The molecule has 1 amide bonds. The molecule has 0 heterocycles. The molecule has 0 saturated carbocycles. The van der Waals surface area contributed by atoms with Crippen molar-refractivity contribution in [1.29, 1.82) is 0 Å². The summed E-state index contributed by atoms with van der Waals surface area (Å²) >= 11 is 0. The molecule has 0 bridgehead atoms. The molecule has 0 radical (unpaired) electrons. The van der Waals surface area contributed by atoms with Gasteiger partial charge in [-0.3, -0.25) is 4.79 Å². The van der Waals surface area contributed by atoms with E-state index in [1.165, 1.54) is 6.92 Å². The number of carbonyl (C=O) groups excluding carboxylic acids is 1. The van der Waals surface area contributed by atoms with Gasteiger partial charge in [-0.2, -0.15) is 13.2 Å². The minimum absolute atomic E-state index is 0.0123. The van der Waals surface area contributed by atoms with Crippen LogP contribution in [0.25, 0.3) is 0 Å². The lowest BCUT2D eigenvalue weighted by Crippen LogP contribution is -2.28. The van der Waals surface area contributed by atoms with E-state index in [0.29, 0.717) is 6.07 Å². The van der Waals surface area contributed by atoms with E-state index in [4.69, 9.17) is 5.73 Å². The average Bonchev–Trinajstić information content (AvgIpc) is 2.36. The van der Waals surface area contributed by atoms with Crippen molar-refractivity contribution >= 4 is 11.6 Å². The van der Waals surface area contributed by atoms with Gasteiger partial charge in [0.05, 0.1) is 11.7 Å². The van der Waals surface area contributed by atoms with Gasteiger partial charge in [-0.25, -0.2) is 0 Å². The highest BCUT2D eigenvalue weighted by molar-refractivity contribution is 5.72. The number of nitrogens with two attached hydrogens (primary N) is 1. The third-order valence-electron chi connectivity index (χ3n) is 2.91. The normalized spacial score (nSPS) is 14.6. The van der Waals surface area contributed by atoms with Crippen LogP contribution in [-0.4, -0.2) is 28.8 Å². The molecule has 21 heavy (non-hydrogen) atoms. The van der Waals surface area contributed by atoms with E-state index in [1.54, 1.807) is 0 Å². The van der Waals surface area contributed by atoms with Crippen molar-refractivity contribution in [3.05, 3.63) is 29.3 Å². The largest absolute Gasteiger partial charge is 0.416 e. The maximum Gasteiger partial charge on any atom is 0.416 e. The molecule has 0 aliphatic heterocycles. The lowest BCUT2D eigenvalue weighted by atomic mass is 9.98. The summed E-state index contributed by atoms with van der Waals surface area (Å²) in [4.78, 5) is 10.7. The first-order chi connectivity index (χ1) is 9.62. The number of hydrogen-bond donors (Lipinski definition) is 4. The number of halogens is 3. The molecule has 1 aromatic carbocycles. The summed E-state index contributed by atoms with van der Waals surface area (Å²) in [7, 11) is 0. The number of anilines is 1. The van der Waals surface area contributed by atoms with E-state index in [0.717, 1.165) is 12.1 Å². The number of nitrogen functional groups attached to an aromatic ring is 1. The predicted octanol–water partition coefficient (Wildman–Crippen LogP) is 1.21. The Morgan fingerprint density at radius 1 is 1.38 bits per heavy atom. The number of alkyl halides is 3. The van der Waals surface area contributed by atoms with Crippen molar-refractivity contribution in [2.75, 3.05) is 12.3 Å². The Kier molecular flexibility index (Phi) is 5.56. The number of aliphatic hydroxyl groups is 2. The molecule has 118 valence electrons. The molecule has 2 atom stereocenters. The molecule has 0 fully saturated rings. The second-order valence-electron chi connectivity index (χ2n) is 4.63. The monoisotopic (exact) mass is 306 g/mol. The van der Waals surface area contributed by atoms with E-state index < -0.39 is 23.9 Å². The Balaban J connectivity index is 2.78. The first-order valence-electron chi connectivity index (χ1n) is 6.20. The van der Waals surface area contributed by atoms with Gasteiger partial charge in [-0.05, 0) is 18.6 Å². The fraction of sp³-hybridized carbons (Fsp3) is 0.462. The van der Waals surface area contributed by atoms with Gasteiger partial charge in [0.1, 0.15) is 6.10 Å². The summed E-state index contributed by atoms with van der Waals surface area (Å²) in [5, 5.41) is 22.1. The average molecular weight is 306 g/mol.